The second-order valence-corrected chi connectivity index (χ2v) is 14.0. The molecule has 0 radical (unpaired) electrons. The Morgan fingerprint density at radius 3 is 2.15 bits per heavy atom. The molecule has 3 aromatic carbocycles. The number of benzene rings is 3. The molecular formula is C30H35BrClN3O4S. The van der Waals surface area contributed by atoms with Crippen LogP contribution in [0.25, 0.3) is 0 Å². The maximum absolute atomic E-state index is 14.0. The molecule has 0 fully saturated rings. The Morgan fingerprint density at radius 1 is 0.975 bits per heavy atom. The van der Waals surface area contributed by atoms with Gasteiger partial charge >= 0.3 is 0 Å². The van der Waals surface area contributed by atoms with Gasteiger partial charge in [0.25, 0.3) is 10.0 Å². The van der Waals surface area contributed by atoms with Crippen molar-refractivity contribution in [2.75, 3.05) is 10.8 Å². The Labute approximate surface area is 250 Å². The van der Waals surface area contributed by atoms with Gasteiger partial charge in [0.1, 0.15) is 12.6 Å². The van der Waals surface area contributed by atoms with E-state index in [4.69, 9.17) is 11.6 Å². The second-order valence-electron chi connectivity index (χ2n) is 10.8. The fourth-order valence-electron chi connectivity index (χ4n) is 4.05. The van der Waals surface area contributed by atoms with Gasteiger partial charge in [-0.3, -0.25) is 13.9 Å². The van der Waals surface area contributed by atoms with E-state index in [1.54, 1.807) is 38.1 Å². The van der Waals surface area contributed by atoms with Crippen LogP contribution in [0.1, 0.15) is 44.4 Å². The number of hydrogen-bond acceptors (Lipinski definition) is 4. The summed E-state index contributed by atoms with van der Waals surface area (Å²) in [6.45, 7) is 10.4. The first-order valence-corrected chi connectivity index (χ1v) is 15.4. The normalized spacial score (nSPS) is 12.5. The lowest BCUT2D eigenvalue weighted by atomic mass is 10.1. The number of amides is 2. The number of nitrogens with zero attached hydrogens (tertiary/aromatic N) is 2. The van der Waals surface area contributed by atoms with Crippen molar-refractivity contribution in [2.24, 2.45) is 0 Å². The van der Waals surface area contributed by atoms with E-state index in [-0.39, 0.29) is 23.0 Å². The summed E-state index contributed by atoms with van der Waals surface area (Å²) in [6, 6.07) is 17.9. The fraction of sp³-hybridized carbons (Fsp3) is 0.333. The van der Waals surface area contributed by atoms with Gasteiger partial charge in [0.2, 0.25) is 11.8 Å². The SMILES string of the molecule is Cc1ccc(S(=O)(=O)N(CC(=O)N(Cc2ccc(Br)cc2)[C@H](C)C(=O)NC(C)(C)C)c2cc(Cl)ccc2C)cc1. The number of aryl methyl sites for hydroxylation is 2. The molecule has 0 aliphatic heterocycles. The standard InChI is InChI=1S/C30H35BrClN3O4S/c1-20-7-15-26(16-8-20)40(38,39)35(27-17-25(32)14-9-21(27)2)19-28(36)34(18-23-10-12-24(31)13-11-23)22(3)29(37)33-30(4,5)6/h7-17,22H,18-19H2,1-6H3,(H,33,37)/t22-/m1/s1. The number of halogens is 2. The lowest BCUT2D eigenvalue weighted by Gasteiger charge is -2.34. The van der Waals surface area contributed by atoms with Crippen LogP contribution in [0, 0.1) is 13.8 Å². The van der Waals surface area contributed by atoms with E-state index in [2.05, 4.69) is 21.2 Å². The van der Waals surface area contributed by atoms with Crippen LogP contribution in [0.15, 0.2) is 76.1 Å². The quantitative estimate of drug-likeness (QED) is 0.297. The van der Waals surface area contributed by atoms with E-state index in [0.29, 0.717) is 10.6 Å². The first kappa shape index (κ1) is 31.6. The molecule has 0 saturated heterocycles. The van der Waals surface area contributed by atoms with E-state index in [0.717, 1.165) is 19.9 Å². The van der Waals surface area contributed by atoms with Crippen molar-refractivity contribution in [2.45, 2.75) is 64.6 Å². The van der Waals surface area contributed by atoms with Crippen molar-refractivity contribution in [3.8, 4) is 0 Å². The minimum absolute atomic E-state index is 0.0447. The van der Waals surface area contributed by atoms with Crippen LogP contribution in [0.4, 0.5) is 5.69 Å². The Bertz CT molecular complexity index is 1470. The van der Waals surface area contributed by atoms with Gasteiger partial charge in [0, 0.05) is 21.6 Å². The number of carbonyl (C=O) groups excluding carboxylic acids is 2. The van der Waals surface area contributed by atoms with Gasteiger partial charge < -0.3 is 10.2 Å². The Kier molecular flexibility index (Phi) is 10.1. The molecule has 3 aromatic rings. The molecule has 40 heavy (non-hydrogen) atoms. The highest BCUT2D eigenvalue weighted by Crippen LogP contribution is 2.30. The highest BCUT2D eigenvalue weighted by molar-refractivity contribution is 9.10. The smallest absolute Gasteiger partial charge is 0.264 e. The maximum atomic E-state index is 14.0. The van der Waals surface area contributed by atoms with Gasteiger partial charge in [0.05, 0.1) is 10.6 Å². The van der Waals surface area contributed by atoms with Gasteiger partial charge in [-0.25, -0.2) is 8.42 Å². The molecule has 1 N–H and O–H groups in total. The Balaban J connectivity index is 2.08. The molecule has 0 heterocycles. The lowest BCUT2D eigenvalue weighted by Crippen LogP contribution is -2.54. The maximum Gasteiger partial charge on any atom is 0.264 e. The molecule has 0 spiro atoms. The summed E-state index contributed by atoms with van der Waals surface area (Å²) in [5.41, 5.74) is 2.09. The highest BCUT2D eigenvalue weighted by atomic mass is 79.9. The molecule has 0 aliphatic rings. The number of nitrogens with one attached hydrogen (secondary N) is 1. The van der Waals surface area contributed by atoms with Crippen molar-refractivity contribution in [3.05, 3.63) is 92.9 Å². The van der Waals surface area contributed by atoms with Gasteiger partial charge in [-0.2, -0.15) is 0 Å². The van der Waals surface area contributed by atoms with Crippen LogP contribution in [0.5, 0.6) is 0 Å². The molecule has 3 rings (SSSR count). The summed E-state index contributed by atoms with van der Waals surface area (Å²) in [5, 5.41) is 3.26. The van der Waals surface area contributed by atoms with Gasteiger partial charge in [0.15, 0.2) is 0 Å². The zero-order valence-electron chi connectivity index (χ0n) is 23.5. The Morgan fingerprint density at radius 2 is 1.57 bits per heavy atom. The van der Waals surface area contributed by atoms with Crippen molar-refractivity contribution >= 4 is 55.1 Å². The van der Waals surface area contributed by atoms with Gasteiger partial charge in [-0.05, 0) is 89.1 Å². The largest absolute Gasteiger partial charge is 0.350 e. The van der Waals surface area contributed by atoms with Gasteiger partial charge in [-0.1, -0.05) is 63.4 Å². The number of sulfonamides is 1. The van der Waals surface area contributed by atoms with E-state index >= 15 is 0 Å². The topological polar surface area (TPSA) is 86.8 Å². The molecule has 0 saturated carbocycles. The molecule has 0 bridgehead atoms. The minimum Gasteiger partial charge on any atom is -0.350 e. The summed E-state index contributed by atoms with van der Waals surface area (Å²) in [6.07, 6.45) is 0. The number of rotatable bonds is 9. The predicted molar refractivity (Wildman–Crippen MR) is 164 cm³/mol. The molecule has 1 atom stereocenters. The predicted octanol–water partition coefficient (Wildman–Crippen LogP) is 6.25. The van der Waals surface area contributed by atoms with Crippen molar-refractivity contribution in [1.82, 2.24) is 10.2 Å². The van der Waals surface area contributed by atoms with Crippen LogP contribution in [0.2, 0.25) is 5.02 Å². The molecule has 0 aliphatic carbocycles. The molecule has 2 amide bonds. The summed E-state index contributed by atoms with van der Waals surface area (Å²) in [4.78, 5) is 28.7. The molecule has 0 aromatic heterocycles. The van der Waals surface area contributed by atoms with E-state index in [1.807, 2.05) is 52.0 Å². The molecular weight excluding hydrogens is 614 g/mol. The summed E-state index contributed by atoms with van der Waals surface area (Å²) in [5.74, 6) is -0.876. The monoisotopic (exact) mass is 647 g/mol. The van der Waals surface area contributed by atoms with E-state index in [1.165, 1.54) is 23.1 Å². The summed E-state index contributed by atoms with van der Waals surface area (Å²) < 4.78 is 29.9. The number of anilines is 1. The molecule has 10 heteroatoms. The summed E-state index contributed by atoms with van der Waals surface area (Å²) >= 11 is 9.69. The van der Waals surface area contributed by atoms with Crippen LogP contribution >= 0.6 is 27.5 Å². The van der Waals surface area contributed by atoms with E-state index < -0.39 is 34.1 Å². The average molecular weight is 649 g/mol. The fourth-order valence-corrected chi connectivity index (χ4v) is 5.95. The Hall–Kier alpha value is -2.88. The zero-order valence-corrected chi connectivity index (χ0v) is 26.7. The minimum atomic E-state index is -4.17. The van der Waals surface area contributed by atoms with Crippen LogP contribution in [-0.2, 0) is 26.2 Å². The van der Waals surface area contributed by atoms with Crippen molar-refractivity contribution in [1.29, 1.82) is 0 Å². The third-order valence-electron chi connectivity index (χ3n) is 6.26. The van der Waals surface area contributed by atoms with Gasteiger partial charge in [-0.15, -0.1) is 0 Å². The van der Waals surface area contributed by atoms with Crippen LogP contribution in [-0.4, -0.2) is 43.3 Å². The first-order valence-electron chi connectivity index (χ1n) is 12.8. The van der Waals surface area contributed by atoms with Crippen molar-refractivity contribution < 1.29 is 18.0 Å². The first-order chi connectivity index (χ1) is 18.6. The van der Waals surface area contributed by atoms with E-state index in [9.17, 15) is 18.0 Å². The molecule has 214 valence electrons. The molecule has 7 nitrogen and oxygen atoms in total. The van der Waals surface area contributed by atoms with Crippen LogP contribution < -0.4 is 9.62 Å². The van der Waals surface area contributed by atoms with Crippen LogP contribution in [0.3, 0.4) is 0 Å². The third kappa shape index (κ3) is 8.08. The second kappa shape index (κ2) is 12.7. The highest BCUT2D eigenvalue weighted by Gasteiger charge is 2.34. The van der Waals surface area contributed by atoms with Crippen molar-refractivity contribution in [3.63, 3.8) is 0 Å². The molecule has 0 unspecified atom stereocenters. The third-order valence-corrected chi connectivity index (χ3v) is 8.80. The number of carbonyl (C=O) groups is 2. The summed E-state index contributed by atoms with van der Waals surface area (Å²) in [7, 11) is -4.17. The lowest BCUT2D eigenvalue weighted by molar-refractivity contribution is -0.140. The zero-order chi connectivity index (χ0) is 29.8. The average Bonchev–Trinajstić information content (AvgIpc) is 2.87. The number of hydrogen-bond donors (Lipinski definition) is 1.